The highest BCUT2D eigenvalue weighted by molar-refractivity contribution is 6.13. The van der Waals surface area contributed by atoms with E-state index < -0.39 is 113 Å². The Bertz CT molecular complexity index is 2410. The predicted octanol–water partition coefficient (Wildman–Crippen LogP) is 4.37. The number of aliphatic hydroxyl groups excluding tert-OH is 2. The van der Waals surface area contributed by atoms with Gasteiger partial charge in [-0.25, -0.2) is 8.78 Å². The van der Waals surface area contributed by atoms with E-state index in [9.17, 15) is 39.0 Å². The van der Waals surface area contributed by atoms with Crippen LogP contribution in [-0.4, -0.2) is 105 Å². The number of amides is 5. The zero-order valence-electron chi connectivity index (χ0n) is 36.3. The summed E-state index contributed by atoms with van der Waals surface area (Å²) in [6, 6.07) is 11.2. The number of nitrogens with zero attached hydrogens (tertiary/aromatic N) is 1. The van der Waals surface area contributed by atoms with Crippen LogP contribution in [0, 0.1) is 22.7 Å². The first kappa shape index (κ1) is 45.7. The number of ketones is 1. The van der Waals surface area contributed by atoms with Crippen LogP contribution < -0.4 is 20.7 Å². The summed E-state index contributed by atoms with van der Waals surface area (Å²) < 4.78 is 52.9. The van der Waals surface area contributed by atoms with Crippen molar-refractivity contribution in [1.29, 1.82) is 0 Å². The first-order valence-corrected chi connectivity index (χ1v) is 21.7. The van der Waals surface area contributed by atoms with Crippen molar-refractivity contribution >= 4 is 41.0 Å². The third-order valence-corrected chi connectivity index (χ3v) is 14.5. The van der Waals surface area contributed by atoms with Crippen LogP contribution in [0.2, 0.25) is 0 Å². The van der Waals surface area contributed by atoms with E-state index in [1.807, 2.05) is 0 Å². The molecular formula is C48H52F2N4O11. The van der Waals surface area contributed by atoms with E-state index in [-0.39, 0.29) is 37.8 Å². The van der Waals surface area contributed by atoms with Crippen molar-refractivity contribution in [2.45, 2.75) is 101 Å². The first-order valence-electron chi connectivity index (χ1n) is 21.7. The number of hydrogen-bond donors (Lipinski definition) is 5. The van der Waals surface area contributed by atoms with Gasteiger partial charge in [0.2, 0.25) is 17.7 Å². The molecule has 8 rings (SSSR count). The molecule has 65 heavy (non-hydrogen) atoms. The summed E-state index contributed by atoms with van der Waals surface area (Å²) in [5, 5.41) is 29.9. The molecule has 15 nitrogen and oxygen atoms in total. The molecule has 0 aromatic heterocycles. The van der Waals surface area contributed by atoms with Gasteiger partial charge >= 0.3 is 0 Å². The molecule has 2 aliphatic heterocycles. The second kappa shape index (κ2) is 16.8. The summed E-state index contributed by atoms with van der Waals surface area (Å²) in [5.74, 6) is -4.14. The number of ether oxygens (including phenoxy) is 3. The molecule has 1 saturated heterocycles. The smallest absolute Gasteiger partial charge is 0.253 e. The number of carbonyl (C=O) groups is 6. The van der Waals surface area contributed by atoms with Gasteiger partial charge in [-0.2, -0.15) is 0 Å². The maximum atomic E-state index is 17.8. The number of benzene rings is 2. The van der Waals surface area contributed by atoms with Crippen molar-refractivity contribution in [3.8, 4) is 11.5 Å². The van der Waals surface area contributed by atoms with E-state index in [4.69, 9.17) is 14.2 Å². The van der Waals surface area contributed by atoms with Crippen LogP contribution in [0.25, 0.3) is 0 Å². The van der Waals surface area contributed by atoms with Crippen molar-refractivity contribution in [2.24, 2.45) is 22.7 Å². The van der Waals surface area contributed by atoms with Gasteiger partial charge in [0.15, 0.2) is 23.3 Å². The molecule has 344 valence electrons. The molecule has 3 saturated carbocycles. The number of aliphatic hydroxyl groups is 2. The Morgan fingerprint density at radius 1 is 0.923 bits per heavy atom. The average Bonchev–Trinajstić information content (AvgIpc) is 3.90. The van der Waals surface area contributed by atoms with Crippen LogP contribution in [0.5, 0.6) is 11.5 Å². The van der Waals surface area contributed by atoms with Crippen LogP contribution >= 0.6 is 0 Å². The number of Topliss-reactive ketones (excluding diaryl/α,β-unsaturated/α-hetero) is 1. The second-order valence-electron chi connectivity index (χ2n) is 18.3. The molecule has 2 aromatic carbocycles. The topological polar surface area (TPSA) is 210 Å². The fraction of sp³-hybridized carbons (Fsp3) is 0.458. The van der Waals surface area contributed by atoms with Crippen LogP contribution in [0.3, 0.4) is 0 Å². The second-order valence-corrected chi connectivity index (χ2v) is 18.3. The standard InChI is InChI=1S/C48H52F2N4O11/c1-25-16-18-45(4)34(20-25)35(49)21-33-32-22-38-48(37(57)24-55,46(32,5)23-36(56)47(33,45)50)65-44(64-38)28-6-10-30(11-7-28)63-31-12-8-29(9-13-31)53-43(62)27(3)52-42(61)26(2)51-39(58)17-19-54-40(59)14-15-41(54)60/h6-16,18,20,26-27,32-33,35-36,38,44,55-56H,1,17,19,21-24H2,2-5H3,(H,51,58)(H,52,61)(H,53,62)/t26-,27-,32-,33-,35-,36-,38+,44+,45-,46-,47-,48+/m0/s1. The van der Waals surface area contributed by atoms with Gasteiger partial charge in [-0.3, -0.25) is 33.7 Å². The number of halogens is 2. The molecule has 17 heteroatoms. The highest BCUT2D eigenvalue weighted by atomic mass is 19.1. The number of hydrogen-bond acceptors (Lipinski definition) is 11. The summed E-state index contributed by atoms with van der Waals surface area (Å²) in [5.41, 5.74) is -4.93. The molecule has 4 fully saturated rings. The first-order chi connectivity index (χ1) is 30.7. The zero-order chi connectivity index (χ0) is 46.8. The van der Waals surface area contributed by atoms with Gasteiger partial charge in [0, 0.05) is 53.1 Å². The number of anilines is 1. The lowest BCUT2D eigenvalue weighted by molar-refractivity contribution is -0.235. The number of alkyl halides is 2. The Kier molecular flexibility index (Phi) is 11.8. The minimum Gasteiger partial charge on any atom is -0.457 e. The lowest BCUT2D eigenvalue weighted by Gasteiger charge is -2.63. The molecule has 0 radical (unpaired) electrons. The Labute approximate surface area is 373 Å². The number of fused-ring (bicyclic) bond motifs is 7. The van der Waals surface area contributed by atoms with Gasteiger partial charge in [-0.1, -0.05) is 43.9 Å². The molecule has 4 aliphatic carbocycles. The predicted molar refractivity (Wildman–Crippen MR) is 229 cm³/mol. The molecule has 5 amide bonds. The van der Waals surface area contributed by atoms with E-state index in [2.05, 4.69) is 22.5 Å². The largest absolute Gasteiger partial charge is 0.457 e. The lowest BCUT2D eigenvalue weighted by atomic mass is 9.44. The zero-order valence-corrected chi connectivity index (χ0v) is 36.3. The number of carbonyl (C=O) groups excluding carboxylic acids is 6. The summed E-state index contributed by atoms with van der Waals surface area (Å²) in [6.45, 7) is 9.16. The van der Waals surface area contributed by atoms with Crippen LogP contribution in [0.1, 0.15) is 65.2 Å². The van der Waals surface area contributed by atoms with Crippen LogP contribution in [0.15, 0.2) is 96.6 Å². The van der Waals surface area contributed by atoms with Gasteiger partial charge in [0.25, 0.3) is 11.8 Å². The van der Waals surface area contributed by atoms with Gasteiger partial charge < -0.3 is 40.4 Å². The Balaban J connectivity index is 0.866. The molecule has 2 heterocycles. The Morgan fingerprint density at radius 3 is 2.20 bits per heavy atom. The van der Waals surface area contributed by atoms with Crippen LogP contribution in [0.4, 0.5) is 14.5 Å². The molecule has 0 unspecified atom stereocenters. The van der Waals surface area contributed by atoms with Crippen LogP contribution in [-0.2, 0) is 38.2 Å². The van der Waals surface area contributed by atoms with Crippen molar-refractivity contribution in [3.63, 3.8) is 0 Å². The minimum absolute atomic E-state index is 0.135. The maximum Gasteiger partial charge on any atom is 0.253 e. The quantitative estimate of drug-likeness (QED) is 0.178. The number of allylic oxidation sites excluding steroid dienone is 5. The highest BCUT2D eigenvalue weighted by Gasteiger charge is 2.80. The van der Waals surface area contributed by atoms with E-state index in [0.29, 0.717) is 28.3 Å². The Morgan fingerprint density at radius 2 is 1.55 bits per heavy atom. The Hall–Kier alpha value is -5.88. The molecule has 2 aromatic rings. The molecular weight excluding hydrogens is 847 g/mol. The monoisotopic (exact) mass is 898 g/mol. The van der Waals surface area contributed by atoms with Crippen molar-refractivity contribution < 1.29 is 62.0 Å². The van der Waals surface area contributed by atoms with E-state index in [1.165, 1.54) is 13.8 Å². The van der Waals surface area contributed by atoms with Crippen molar-refractivity contribution in [2.75, 3.05) is 18.5 Å². The number of rotatable bonds is 13. The summed E-state index contributed by atoms with van der Waals surface area (Å²) in [4.78, 5) is 76.1. The number of nitrogens with one attached hydrogen (secondary N) is 3. The summed E-state index contributed by atoms with van der Waals surface area (Å²) >= 11 is 0. The molecule has 0 bridgehead atoms. The molecule has 0 spiro atoms. The lowest BCUT2D eigenvalue weighted by Crippen LogP contribution is -2.70. The van der Waals surface area contributed by atoms with Crippen molar-refractivity contribution in [1.82, 2.24) is 15.5 Å². The highest BCUT2D eigenvalue weighted by Crippen LogP contribution is 2.72. The van der Waals surface area contributed by atoms with Gasteiger partial charge in [0.05, 0.1) is 12.2 Å². The summed E-state index contributed by atoms with van der Waals surface area (Å²) in [7, 11) is 0. The fourth-order valence-electron chi connectivity index (χ4n) is 11.1. The summed E-state index contributed by atoms with van der Waals surface area (Å²) in [6.07, 6.45) is 1.54. The number of imide groups is 1. The molecule has 12 atom stereocenters. The third-order valence-electron chi connectivity index (χ3n) is 14.5. The third kappa shape index (κ3) is 7.51. The minimum atomic E-state index is -2.25. The fourth-order valence-corrected chi connectivity index (χ4v) is 11.1. The SMILES string of the molecule is C=C1C=C[C@@]2(C)C(=C1)[C@@H](F)C[C@H]1[C@@H]3C[C@H]4O[C@@H](c5ccc(Oc6ccc(NC(=O)[C@H](C)NC(=O)[C@H](C)NC(=O)CCN7C(=O)C=CC7=O)cc6)cc5)O[C@@]4(C(=O)CO)[C@@]3(C)C[C@H](O)[C@@]12F. The van der Waals surface area contributed by atoms with Gasteiger partial charge in [-0.05, 0) is 93.5 Å². The molecule has 6 aliphatic rings. The van der Waals surface area contributed by atoms with Crippen molar-refractivity contribution in [3.05, 3.63) is 102 Å². The molecule has 5 N–H and O–H groups in total. The normalized spacial score (nSPS) is 34.1. The average molecular weight is 899 g/mol. The van der Waals surface area contributed by atoms with Gasteiger partial charge in [0.1, 0.15) is 36.4 Å². The van der Waals surface area contributed by atoms with Gasteiger partial charge in [-0.15, -0.1) is 0 Å². The van der Waals surface area contributed by atoms with E-state index >= 15 is 8.78 Å². The van der Waals surface area contributed by atoms with E-state index in [1.54, 1.807) is 80.6 Å². The maximum absolute atomic E-state index is 17.8. The van der Waals surface area contributed by atoms with E-state index in [0.717, 1.165) is 17.1 Å².